The van der Waals surface area contributed by atoms with Gasteiger partial charge in [-0.05, 0) is 47.2 Å². The van der Waals surface area contributed by atoms with Gasteiger partial charge in [0.05, 0.1) is 6.61 Å². The van der Waals surface area contributed by atoms with E-state index in [1.54, 1.807) is 0 Å². The van der Waals surface area contributed by atoms with E-state index in [2.05, 4.69) is 24.3 Å². The lowest BCUT2D eigenvalue weighted by molar-refractivity contribution is 0.351. The maximum Gasteiger partial charge on any atom is 0.125 e. The van der Waals surface area contributed by atoms with Gasteiger partial charge < -0.3 is 10.5 Å². The number of rotatable bonds is 3. The summed E-state index contributed by atoms with van der Waals surface area (Å²) in [5.74, 6) is 1.47. The molecule has 2 aromatic carbocycles. The van der Waals surface area contributed by atoms with Gasteiger partial charge in [-0.2, -0.15) is 0 Å². The minimum Gasteiger partial charge on any atom is -0.493 e. The van der Waals surface area contributed by atoms with Crippen molar-refractivity contribution >= 4 is 11.6 Å². The molecule has 21 heavy (non-hydrogen) atoms. The minimum atomic E-state index is 0.117. The van der Waals surface area contributed by atoms with Crippen LogP contribution in [0.15, 0.2) is 36.4 Å². The summed E-state index contributed by atoms with van der Waals surface area (Å²) in [5, 5.41) is 0.787. The third kappa shape index (κ3) is 2.23. The van der Waals surface area contributed by atoms with Gasteiger partial charge in [0.15, 0.2) is 0 Å². The van der Waals surface area contributed by atoms with Crippen LogP contribution >= 0.6 is 11.6 Å². The summed E-state index contributed by atoms with van der Waals surface area (Å²) in [6.07, 6.45) is 2.85. The molecule has 2 aromatic rings. The molecule has 0 amide bonds. The summed E-state index contributed by atoms with van der Waals surface area (Å²) in [6, 6.07) is 12.7. The van der Waals surface area contributed by atoms with Crippen molar-refractivity contribution in [1.82, 2.24) is 0 Å². The number of hydrogen-bond acceptors (Lipinski definition) is 2. The van der Waals surface area contributed by atoms with Gasteiger partial charge in [-0.3, -0.25) is 0 Å². The van der Waals surface area contributed by atoms with E-state index in [-0.39, 0.29) is 6.04 Å². The number of halogens is 1. The first-order valence-electron chi connectivity index (χ1n) is 7.50. The van der Waals surface area contributed by atoms with Gasteiger partial charge >= 0.3 is 0 Å². The molecule has 108 valence electrons. The minimum absolute atomic E-state index is 0.117. The molecule has 2 nitrogen and oxygen atoms in total. The van der Waals surface area contributed by atoms with E-state index in [0.717, 1.165) is 42.2 Å². The average Bonchev–Trinajstić information content (AvgIpc) is 2.88. The Kier molecular flexibility index (Phi) is 3.16. The van der Waals surface area contributed by atoms with E-state index in [4.69, 9.17) is 22.1 Å². The van der Waals surface area contributed by atoms with Gasteiger partial charge in [0.1, 0.15) is 5.75 Å². The molecule has 1 heterocycles. The fourth-order valence-corrected chi connectivity index (χ4v) is 3.84. The van der Waals surface area contributed by atoms with Crippen molar-refractivity contribution in [3.63, 3.8) is 0 Å². The molecule has 2 aliphatic rings. The number of hydrogen-bond donors (Lipinski definition) is 1. The second-order valence-electron chi connectivity index (χ2n) is 6.03. The van der Waals surface area contributed by atoms with Crippen LogP contribution in [0.2, 0.25) is 5.02 Å². The summed E-state index contributed by atoms with van der Waals surface area (Å²) in [4.78, 5) is 0. The second kappa shape index (κ2) is 5.04. The van der Waals surface area contributed by atoms with Gasteiger partial charge in [0.25, 0.3) is 0 Å². The molecule has 3 heteroatoms. The third-order valence-electron chi connectivity index (χ3n) is 4.69. The van der Waals surface area contributed by atoms with Crippen molar-refractivity contribution in [3.05, 3.63) is 63.7 Å². The molecule has 1 aliphatic heterocycles. The van der Waals surface area contributed by atoms with Crippen LogP contribution in [0.5, 0.6) is 5.75 Å². The Bertz CT molecular complexity index is 698. The van der Waals surface area contributed by atoms with Crippen LogP contribution in [0.1, 0.15) is 28.2 Å². The first-order valence-corrected chi connectivity index (χ1v) is 7.87. The van der Waals surface area contributed by atoms with Crippen LogP contribution in [0.25, 0.3) is 0 Å². The Hall–Kier alpha value is -1.51. The Morgan fingerprint density at radius 3 is 2.95 bits per heavy atom. The Labute approximate surface area is 129 Å². The van der Waals surface area contributed by atoms with Crippen molar-refractivity contribution in [2.45, 2.75) is 31.2 Å². The highest BCUT2D eigenvalue weighted by Gasteiger charge is 2.31. The molecule has 2 unspecified atom stereocenters. The number of nitrogens with two attached hydrogens (primary N) is 1. The van der Waals surface area contributed by atoms with E-state index < -0.39 is 0 Å². The van der Waals surface area contributed by atoms with Crippen LogP contribution in [0, 0.1) is 0 Å². The molecule has 0 saturated heterocycles. The molecule has 0 spiro atoms. The summed E-state index contributed by atoms with van der Waals surface area (Å²) in [6.45, 7) is 0.754. The predicted molar refractivity (Wildman–Crippen MR) is 85.2 cm³/mol. The summed E-state index contributed by atoms with van der Waals surface area (Å²) < 4.78 is 5.77. The van der Waals surface area contributed by atoms with Crippen molar-refractivity contribution in [2.75, 3.05) is 6.61 Å². The van der Waals surface area contributed by atoms with Gasteiger partial charge in [-0.1, -0.05) is 35.9 Å². The zero-order valence-corrected chi connectivity index (χ0v) is 12.6. The van der Waals surface area contributed by atoms with Gasteiger partial charge in [0, 0.05) is 23.4 Å². The third-order valence-corrected chi connectivity index (χ3v) is 4.91. The van der Waals surface area contributed by atoms with E-state index in [0.29, 0.717) is 5.92 Å². The smallest absolute Gasteiger partial charge is 0.125 e. The predicted octanol–water partition coefficient (Wildman–Crippen LogP) is 3.48. The zero-order valence-electron chi connectivity index (χ0n) is 11.8. The molecule has 4 rings (SSSR count). The van der Waals surface area contributed by atoms with Crippen molar-refractivity contribution in [1.29, 1.82) is 0 Å². The quantitative estimate of drug-likeness (QED) is 0.941. The first kappa shape index (κ1) is 13.2. The van der Waals surface area contributed by atoms with E-state index in [9.17, 15) is 0 Å². The average molecular weight is 300 g/mol. The maximum absolute atomic E-state index is 6.47. The Balaban J connectivity index is 1.58. The van der Waals surface area contributed by atoms with Crippen LogP contribution < -0.4 is 10.5 Å². The van der Waals surface area contributed by atoms with Crippen molar-refractivity contribution in [2.24, 2.45) is 5.73 Å². The SMILES string of the molecule is NC(Cc1cc(Cl)cc2c1OCC2)C1Cc2ccccc21. The highest BCUT2D eigenvalue weighted by molar-refractivity contribution is 6.30. The van der Waals surface area contributed by atoms with Gasteiger partial charge in [0.2, 0.25) is 0 Å². The summed E-state index contributed by atoms with van der Waals surface area (Å²) in [7, 11) is 0. The van der Waals surface area contributed by atoms with Crippen LogP contribution in [0.4, 0.5) is 0 Å². The van der Waals surface area contributed by atoms with Gasteiger partial charge in [-0.25, -0.2) is 0 Å². The fourth-order valence-electron chi connectivity index (χ4n) is 3.57. The molecule has 2 atom stereocenters. The number of fused-ring (bicyclic) bond motifs is 2. The lowest BCUT2D eigenvalue weighted by Gasteiger charge is -2.35. The zero-order chi connectivity index (χ0) is 14.4. The van der Waals surface area contributed by atoms with Crippen LogP contribution in [0.3, 0.4) is 0 Å². The highest BCUT2D eigenvalue weighted by Crippen LogP contribution is 2.39. The molecule has 0 bridgehead atoms. The topological polar surface area (TPSA) is 35.2 Å². The Morgan fingerprint density at radius 2 is 2.10 bits per heavy atom. The van der Waals surface area contributed by atoms with Crippen molar-refractivity contribution in [3.8, 4) is 5.75 Å². The lowest BCUT2D eigenvalue weighted by Crippen LogP contribution is -2.37. The molecular formula is C18H18ClNO. The molecule has 0 radical (unpaired) electrons. The van der Waals surface area contributed by atoms with E-state index in [1.165, 1.54) is 16.7 Å². The number of benzene rings is 2. The first-order chi connectivity index (χ1) is 10.2. The Morgan fingerprint density at radius 1 is 1.24 bits per heavy atom. The second-order valence-corrected chi connectivity index (χ2v) is 6.47. The van der Waals surface area contributed by atoms with E-state index in [1.807, 2.05) is 12.1 Å². The van der Waals surface area contributed by atoms with Crippen LogP contribution in [-0.2, 0) is 19.3 Å². The van der Waals surface area contributed by atoms with Crippen molar-refractivity contribution < 1.29 is 4.74 Å². The molecule has 0 fully saturated rings. The molecule has 2 N–H and O–H groups in total. The summed E-state index contributed by atoms with van der Waals surface area (Å²) in [5.41, 5.74) is 11.7. The number of ether oxygens (including phenoxy) is 1. The standard InChI is InChI=1S/C18H18ClNO/c19-14-7-12-5-6-21-18(12)13(8-14)10-17(20)16-9-11-3-1-2-4-15(11)16/h1-4,7-8,16-17H,5-6,9-10,20H2. The highest BCUT2D eigenvalue weighted by atomic mass is 35.5. The van der Waals surface area contributed by atoms with Crippen LogP contribution in [-0.4, -0.2) is 12.6 Å². The van der Waals surface area contributed by atoms with E-state index >= 15 is 0 Å². The molecular weight excluding hydrogens is 282 g/mol. The summed E-state index contributed by atoms with van der Waals surface area (Å²) >= 11 is 6.22. The monoisotopic (exact) mass is 299 g/mol. The molecule has 1 aliphatic carbocycles. The molecule has 0 aromatic heterocycles. The lowest BCUT2D eigenvalue weighted by atomic mass is 9.72. The molecule has 0 saturated carbocycles. The van der Waals surface area contributed by atoms with Gasteiger partial charge in [-0.15, -0.1) is 0 Å². The normalized spacial score (nSPS) is 20.2. The maximum atomic E-state index is 6.47. The largest absolute Gasteiger partial charge is 0.493 e. The fraction of sp³-hybridized carbons (Fsp3) is 0.333.